The summed E-state index contributed by atoms with van der Waals surface area (Å²) < 4.78 is 0. The summed E-state index contributed by atoms with van der Waals surface area (Å²) in [5.74, 6) is -0.335. The molecule has 1 amide bonds. The van der Waals surface area contributed by atoms with Crippen molar-refractivity contribution in [3.8, 4) is 0 Å². The van der Waals surface area contributed by atoms with E-state index in [0.29, 0.717) is 6.54 Å². The molecule has 1 aromatic heterocycles. The molecule has 0 aromatic carbocycles. The molecule has 0 spiro atoms. The van der Waals surface area contributed by atoms with Gasteiger partial charge in [0.05, 0.1) is 0 Å². The summed E-state index contributed by atoms with van der Waals surface area (Å²) in [6.45, 7) is 2.53. The van der Waals surface area contributed by atoms with Gasteiger partial charge in [0.1, 0.15) is 5.56 Å². The Kier molecular flexibility index (Phi) is 6.14. The maximum atomic E-state index is 11.7. The van der Waals surface area contributed by atoms with Crippen LogP contribution in [0.3, 0.4) is 0 Å². The standard InChI is InChI=1S/C13H20N2O3/c1-10-8-12(17)11(9-15-10)13(18)14-6-4-2-3-5-7-16/h8-9,16H,2-7H2,1H3,(H,14,18)(H,15,17). The normalized spacial score (nSPS) is 10.3. The number of carbonyl (C=O) groups excluding carboxylic acids is 1. The third-order valence-electron chi connectivity index (χ3n) is 2.67. The molecule has 0 saturated carbocycles. The van der Waals surface area contributed by atoms with Gasteiger partial charge in [-0.3, -0.25) is 9.59 Å². The van der Waals surface area contributed by atoms with Gasteiger partial charge >= 0.3 is 0 Å². The summed E-state index contributed by atoms with van der Waals surface area (Å²) >= 11 is 0. The zero-order chi connectivity index (χ0) is 13.4. The van der Waals surface area contributed by atoms with Gasteiger partial charge in [0.2, 0.25) is 0 Å². The Morgan fingerprint density at radius 1 is 1.33 bits per heavy atom. The molecule has 3 N–H and O–H groups in total. The van der Waals surface area contributed by atoms with Crippen LogP contribution in [0.4, 0.5) is 0 Å². The van der Waals surface area contributed by atoms with Gasteiger partial charge in [-0.2, -0.15) is 0 Å². The van der Waals surface area contributed by atoms with Gasteiger partial charge in [-0.25, -0.2) is 0 Å². The molecule has 0 aliphatic rings. The van der Waals surface area contributed by atoms with Crippen molar-refractivity contribution < 1.29 is 9.90 Å². The Labute approximate surface area is 106 Å². The molecular formula is C13H20N2O3. The highest BCUT2D eigenvalue weighted by Crippen LogP contribution is 1.98. The summed E-state index contributed by atoms with van der Waals surface area (Å²) in [6.07, 6.45) is 5.02. The van der Waals surface area contributed by atoms with Crippen molar-refractivity contribution in [2.45, 2.75) is 32.6 Å². The van der Waals surface area contributed by atoms with Gasteiger partial charge in [0.15, 0.2) is 5.43 Å². The molecule has 0 atom stereocenters. The highest BCUT2D eigenvalue weighted by atomic mass is 16.2. The molecule has 0 aliphatic carbocycles. The molecule has 1 aromatic rings. The van der Waals surface area contributed by atoms with Crippen LogP contribution in [0.15, 0.2) is 17.1 Å². The zero-order valence-electron chi connectivity index (χ0n) is 10.7. The molecule has 0 radical (unpaired) electrons. The number of aromatic nitrogens is 1. The van der Waals surface area contributed by atoms with E-state index in [9.17, 15) is 9.59 Å². The lowest BCUT2D eigenvalue weighted by Crippen LogP contribution is -2.29. The Morgan fingerprint density at radius 2 is 2.06 bits per heavy atom. The van der Waals surface area contributed by atoms with Crippen LogP contribution in [-0.4, -0.2) is 29.1 Å². The average molecular weight is 252 g/mol. The van der Waals surface area contributed by atoms with E-state index in [1.807, 2.05) is 0 Å². The van der Waals surface area contributed by atoms with Crippen LogP contribution in [0.2, 0.25) is 0 Å². The van der Waals surface area contributed by atoms with E-state index in [1.54, 1.807) is 6.92 Å². The van der Waals surface area contributed by atoms with Crippen LogP contribution >= 0.6 is 0 Å². The smallest absolute Gasteiger partial charge is 0.256 e. The first-order valence-corrected chi connectivity index (χ1v) is 6.23. The number of carbonyl (C=O) groups is 1. The lowest BCUT2D eigenvalue weighted by Gasteiger charge is -2.04. The first kappa shape index (κ1) is 14.4. The van der Waals surface area contributed by atoms with Gasteiger partial charge in [-0.15, -0.1) is 0 Å². The second kappa shape index (κ2) is 7.66. The van der Waals surface area contributed by atoms with Gasteiger partial charge in [-0.1, -0.05) is 12.8 Å². The maximum absolute atomic E-state index is 11.7. The number of aromatic amines is 1. The fraction of sp³-hybridized carbons (Fsp3) is 0.538. The molecule has 5 heteroatoms. The number of aliphatic hydroxyl groups excluding tert-OH is 1. The van der Waals surface area contributed by atoms with Crippen molar-refractivity contribution in [3.05, 3.63) is 33.7 Å². The van der Waals surface area contributed by atoms with E-state index in [-0.39, 0.29) is 23.5 Å². The topological polar surface area (TPSA) is 82.2 Å². The Bertz CT molecular complexity index is 440. The molecular weight excluding hydrogens is 232 g/mol. The number of hydrogen-bond acceptors (Lipinski definition) is 3. The quantitative estimate of drug-likeness (QED) is 0.632. The second-order valence-electron chi connectivity index (χ2n) is 4.29. The van der Waals surface area contributed by atoms with Crippen LogP contribution in [0.1, 0.15) is 41.7 Å². The van der Waals surface area contributed by atoms with E-state index in [2.05, 4.69) is 10.3 Å². The van der Waals surface area contributed by atoms with Gasteiger partial charge in [0, 0.05) is 31.1 Å². The third kappa shape index (κ3) is 4.71. The number of hydrogen-bond donors (Lipinski definition) is 3. The molecule has 1 rings (SSSR count). The van der Waals surface area contributed by atoms with Crippen molar-refractivity contribution >= 4 is 5.91 Å². The first-order chi connectivity index (χ1) is 8.65. The summed E-state index contributed by atoms with van der Waals surface area (Å²) in [7, 11) is 0. The number of rotatable bonds is 7. The van der Waals surface area contributed by atoms with E-state index in [1.165, 1.54) is 12.3 Å². The van der Waals surface area contributed by atoms with Crippen LogP contribution < -0.4 is 10.7 Å². The number of aryl methyl sites for hydroxylation is 1. The third-order valence-corrected chi connectivity index (χ3v) is 2.67. The predicted octanol–water partition coefficient (Wildman–Crippen LogP) is 0.966. The second-order valence-corrected chi connectivity index (χ2v) is 4.29. The number of amides is 1. The number of pyridine rings is 1. The minimum atomic E-state index is -0.335. The lowest BCUT2D eigenvalue weighted by molar-refractivity contribution is 0.0951. The molecule has 5 nitrogen and oxygen atoms in total. The molecule has 0 saturated heterocycles. The average Bonchev–Trinajstić information content (AvgIpc) is 2.33. The van der Waals surface area contributed by atoms with Gasteiger partial charge in [0.25, 0.3) is 5.91 Å². The first-order valence-electron chi connectivity index (χ1n) is 6.23. The van der Waals surface area contributed by atoms with E-state index in [0.717, 1.165) is 31.4 Å². The minimum absolute atomic E-state index is 0.149. The molecule has 0 bridgehead atoms. The summed E-state index contributed by atoms with van der Waals surface area (Å²) in [5.41, 5.74) is 0.626. The highest BCUT2D eigenvalue weighted by Gasteiger charge is 2.08. The van der Waals surface area contributed by atoms with E-state index in [4.69, 9.17) is 5.11 Å². The summed E-state index contributed by atoms with van der Waals surface area (Å²) in [5, 5.41) is 11.3. The van der Waals surface area contributed by atoms with Crippen molar-refractivity contribution in [2.24, 2.45) is 0 Å². The largest absolute Gasteiger partial charge is 0.396 e. The lowest BCUT2D eigenvalue weighted by atomic mass is 10.2. The number of aliphatic hydroxyl groups is 1. The van der Waals surface area contributed by atoms with Crippen LogP contribution in [0.25, 0.3) is 0 Å². The van der Waals surface area contributed by atoms with Crippen molar-refractivity contribution in [1.82, 2.24) is 10.3 Å². The van der Waals surface area contributed by atoms with Crippen molar-refractivity contribution in [2.75, 3.05) is 13.2 Å². The molecule has 0 aliphatic heterocycles. The van der Waals surface area contributed by atoms with Crippen LogP contribution in [0, 0.1) is 6.92 Å². The van der Waals surface area contributed by atoms with E-state index >= 15 is 0 Å². The van der Waals surface area contributed by atoms with Crippen molar-refractivity contribution in [1.29, 1.82) is 0 Å². The Balaban J connectivity index is 2.34. The number of H-pyrrole nitrogens is 1. The fourth-order valence-corrected chi connectivity index (χ4v) is 1.64. The fourth-order valence-electron chi connectivity index (χ4n) is 1.64. The van der Waals surface area contributed by atoms with E-state index < -0.39 is 0 Å². The van der Waals surface area contributed by atoms with Gasteiger partial charge in [-0.05, 0) is 19.8 Å². The molecule has 0 unspecified atom stereocenters. The summed E-state index contributed by atoms with van der Waals surface area (Å²) in [6, 6.07) is 1.41. The Morgan fingerprint density at radius 3 is 2.72 bits per heavy atom. The molecule has 0 fully saturated rings. The molecule has 100 valence electrons. The Hall–Kier alpha value is -1.62. The minimum Gasteiger partial charge on any atom is -0.396 e. The van der Waals surface area contributed by atoms with Gasteiger partial charge < -0.3 is 15.4 Å². The molecule has 18 heavy (non-hydrogen) atoms. The molecule has 1 heterocycles. The number of unbranched alkanes of at least 4 members (excludes halogenated alkanes) is 3. The highest BCUT2D eigenvalue weighted by molar-refractivity contribution is 5.93. The zero-order valence-corrected chi connectivity index (χ0v) is 10.7. The SMILES string of the molecule is Cc1cc(=O)c(C(=O)NCCCCCCO)c[nH]1. The maximum Gasteiger partial charge on any atom is 0.256 e. The number of nitrogens with one attached hydrogen (secondary N) is 2. The van der Waals surface area contributed by atoms with Crippen LogP contribution in [-0.2, 0) is 0 Å². The monoisotopic (exact) mass is 252 g/mol. The van der Waals surface area contributed by atoms with Crippen LogP contribution in [0.5, 0.6) is 0 Å². The summed E-state index contributed by atoms with van der Waals surface area (Å²) in [4.78, 5) is 26.1. The van der Waals surface area contributed by atoms with Crippen molar-refractivity contribution in [3.63, 3.8) is 0 Å². The predicted molar refractivity (Wildman–Crippen MR) is 69.7 cm³/mol.